The van der Waals surface area contributed by atoms with E-state index >= 15 is 0 Å². The molecule has 3 rings (SSSR count). The first kappa shape index (κ1) is 12.9. The van der Waals surface area contributed by atoms with Crippen LogP contribution >= 0.6 is 0 Å². The van der Waals surface area contributed by atoms with E-state index < -0.39 is 0 Å². The van der Waals surface area contributed by atoms with Crippen LogP contribution in [0.15, 0.2) is 18.2 Å². The maximum absolute atomic E-state index is 10.9. The van der Waals surface area contributed by atoms with Crippen molar-refractivity contribution in [3.63, 3.8) is 0 Å². The van der Waals surface area contributed by atoms with Gasteiger partial charge in [0, 0.05) is 5.41 Å². The molecule has 1 unspecified atom stereocenters. The summed E-state index contributed by atoms with van der Waals surface area (Å²) in [6.45, 7) is 2.19. The molecule has 3 nitrogen and oxygen atoms in total. The second kappa shape index (κ2) is 4.80. The van der Waals surface area contributed by atoms with Crippen molar-refractivity contribution in [3.8, 4) is 5.75 Å². The number of aliphatic hydroxyl groups excluding tert-OH is 1. The summed E-state index contributed by atoms with van der Waals surface area (Å²) in [6, 6.07) is 6.14. The Morgan fingerprint density at radius 2 is 2.00 bits per heavy atom. The number of benzene rings is 1. The van der Waals surface area contributed by atoms with E-state index in [4.69, 9.17) is 4.74 Å². The summed E-state index contributed by atoms with van der Waals surface area (Å²) >= 11 is 0. The fourth-order valence-electron chi connectivity index (χ4n) is 3.62. The van der Waals surface area contributed by atoms with Crippen molar-refractivity contribution in [1.29, 1.82) is 0 Å². The number of fused-ring (bicyclic) bond motifs is 1. The standard InChI is InChI=1S/C16H23NO2/c1-17-9-7-16(8-10-17)6-5-12-3-4-13(19-2)11-14(12)15(16)18/h3-4,11,15,18H,5-10H2,1-2H3. The van der Waals surface area contributed by atoms with Gasteiger partial charge in [0.25, 0.3) is 0 Å². The van der Waals surface area contributed by atoms with Crippen molar-refractivity contribution in [2.24, 2.45) is 5.41 Å². The van der Waals surface area contributed by atoms with Gasteiger partial charge in [-0.1, -0.05) is 6.07 Å². The Morgan fingerprint density at radius 3 is 2.68 bits per heavy atom. The van der Waals surface area contributed by atoms with Crippen LogP contribution in [0.1, 0.15) is 36.5 Å². The summed E-state index contributed by atoms with van der Waals surface area (Å²) in [5.74, 6) is 0.850. The minimum atomic E-state index is -0.333. The number of piperidine rings is 1. The molecule has 1 aromatic carbocycles. The Bertz CT molecular complexity index is 464. The Labute approximate surface area is 115 Å². The zero-order chi connectivity index (χ0) is 13.5. The zero-order valence-corrected chi connectivity index (χ0v) is 11.9. The molecule has 0 aromatic heterocycles. The molecule has 1 spiro atoms. The number of methoxy groups -OCH3 is 1. The first-order valence-corrected chi connectivity index (χ1v) is 7.18. The Hall–Kier alpha value is -1.06. The Morgan fingerprint density at radius 1 is 1.26 bits per heavy atom. The first-order valence-electron chi connectivity index (χ1n) is 7.18. The highest BCUT2D eigenvalue weighted by Crippen LogP contribution is 2.50. The van der Waals surface area contributed by atoms with E-state index in [1.54, 1.807) is 7.11 Å². The molecule has 1 aliphatic heterocycles. The minimum Gasteiger partial charge on any atom is -0.497 e. The number of hydrogen-bond acceptors (Lipinski definition) is 3. The maximum Gasteiger partial charge on any atom is 0.119 e. The summed E-state index contributed by atoms with van der Waals surface area (Å²) in [5, 5.41) is 10.9. The van der Waals surface area contributed by atoms with Crippen LogP contribution in [0.5, 0.6) is 5.75 Å². The number of nitrogens with zero attached hydrogens (tertiary/aromatic N) is 1. The summed E-state index contributed by atoms with van der Waals surface area (Å²) in [6.07, 6.45) is 4.06. The van der Waals surface area contributed by atoms with E-state index in [0.717, 1.165) is 50.1 Å². The molecule has 19 heavy (non-hydrogen) atoms. The molecule has 1 aliphatic carbocycles. The predicted octanol–water partition coefficient (Wildman–Crippen LogP) is 2.39. The van der Waals surface area contributed by atoms with E-state index in [2.05, 4.69) is 18.0 Å². The van der Waals surface area contributed by atoms with E-state index in [1.165, 1.54) is 5.56 Å². The molecule has 1 atom stereocenters. The highest BCUT2D eigenvalue weighted by molar-refractivity contribution is 5.40. The van der Waals surface area contributed by atoms with Crippen molar-refractivity contribution in [1.82, 2.24) is 4.90 Å². The molecule has 1 aromatic rings. The van der Waals surface area contributed by atoms with Crippen LogP contribution in [0.25, 0.3) is 0 Å². The number of ether oxygens (including phenoxy) is 1. The fraction of sp³-hybridized carbons (Fsp3) is 0.625. The van der Waals surface area contributed by atoms with Crippen LogP contribution < -0.4 is 4.74 Å². The third kappa shape index (κ3) is 2.15. The van der Waals surface area contributed by atoms with Crippen LogP contribution in [0.3, 0.4) is 0 Å². The molecular formula is C16H23NO2. The molecular weight excluding hydrogens is 238 g/mol. The van der Waals surface area contributed by atoms with Crippen molar-refractivity contribution >= 4 is 0 Å². The van der Waals surface area contributed by atoms with Crippen molar-refractivity contribution < 1.29 is 9.84 Å². The normalized spacial score (nSPS) is 26.2. The molecule has 1 fully saturated rings. The van der Waals surface area contributed by atoms with Gasteiger partial charge in [0.05, 0.1) is 13.2 Å². The third-order valence-corrected chi connectivity index (χ3v) is 5.10. The maximum atomic E-state index is 10.9. The van der Waals surface area contributed by atoms with Crippen LogP contribution in [0.2, 0.25) is 0 Å². The summed E-state index contributed by atoms with van der Waals surface area (Å²) in [4.78, 5) is 2.36. The van der Waals surface area contributed by atoms with E-state index in [9.17, 15) is 5.11 Å². The van der Waals surface area contributed by atoms with E-state index in [-0.39, 0.29) is 11.5 Å². The summed E-state index contributed by atoms with van der Waals surface area (Å²) < 4.78 is 5.30. The predicted molar refractivity (Wildman–Crippen MR) is 75.4 cm³/mol. The lowest BCUT2D eigenvalue weighted by Crippen LogP contribution is -2.43. The molecule has 2 aliphatic rings. The van der Waals surface area contributed by atoms with E-state index in [0.29, 0.717) is 0 Å². The van der Waals surface area contributed by atoms with Crippen molar-refractivity contribution in [3.05, 3.63) is 29.3 Å². The van der Waals surface area contributed by atoms with Crippen molar-refractivity contribution in [2.45, 2.75) is 31.8 Å². The van der Waals surface area contributed by atoms with Gasteiger partial charge in [-0.3, -0.25) is 0 Å². The molecule has 0 amide bonds. The average Bonchev–Trinajstić information content (AvgIpc) is 2.45. The van der Waals surface area contributed by atoms with E-state index in [1.807, 2.05) is 12.1 Å². The third-order valence-electron chi connectivity index (χ3n) is 5.10. The molecule has 1 saturated heterocycles. The molecule has 3 heteroatoms. The smallest absolute Gasteiger partial charge is 0.119 e. The van der Waals surface area contributed by atoms with Gasteiger partial charge in [-0.15, -0.1) is 0 Å². The lowest BCUT2D eigenvalue weighted by molar-refractivity contribution is -0.0349. The Kier molecular flexibility index (Phi) is 3.27. The lowest BCUT2D eigenvalue weighted by Gasteiger charge is -2.47. The molecule has 0 radical (unpaired) electrons. The highest BCUT2D eigenvalue weighted by Gasteiger charge is 2.43. The van der Waals surface area contributed by atoms with Crippen LogP contribution in [0.4, 0.5) is 0 Å². The fourth-order valence-corrected chi connectivity index (χ4v) is 3.62. The first-order chi connectivity index (χ1) is 9.14. The van der Waals surface area contributed by atoms with Gasteiger partial charge < -0.3 is 14.7 Å². The number of likely N-dealkylation sites (tertiary alicyclic amines) is 1. The van der Waals surface area contributed by atoms with Crippen molar-refractivity contribution in [2.75, 3.05) is 27.2 Å². The summed E-state index contributed by atoms with van der Waals surface area (Å²) in [7, 11) is 3.85. The second-order valence-corrected chi connectivity index (χ2v) is 6.13. The van der Waals surface area contributed by atoms with Gasteiger partial charge in [-0.2, -0.15) is 0 Å². The Balaban J connectivity index is 1.92. The van der Waals surface area contributed by atoms with Gasteiger partial charge >= 0.3 is 0 Å². The molecule has 0 bridgehead atoms. The quantitative estimate of drug-likeness (QED) is 0.842. The molecule has 0 saturated carbocycles. The number of aryl methyl sites for hydroxylation is 1. The van der Waals surface area contributed by atoms with Gasteiger partial charge in [-0.25, -0.2) is 0 Å². The van der Waals surface area contributed by atoms with Gasteiger partial charge in [-0.05, 0) is 69.1 Å². The van der Waals surface area contributed by atoms with Gasteiger partial charge in [0.2, 0.25) is 0 Å². The van der Waals surface area contributed by atoms with Crippen LogP contribution in [0, 0.1) is 5.41 Å². The molecule has 104 valence electrons. The average molecular weight is 261 g/mol. The highest BCUT2D eigenvalue weighted by atomic mass is 16.5. The number of hydrogen-bond donors (Lipinski definition) is 1. The second-order valence-electron chi connectivity index (χ2n) is 6.13. The topological polar surface area (TPSA) is 32.7 Å². The monoisotopic (exact) mass is 261 g/mol. The minimum absolute atomic E-state index is 0.0892. The van der Waals surface area contributed by atoms with Crippen LogP contribution in [-0.4, -0.2) is 37.3 Å². The zero-order valence-electron chi connectivity index (χ0n) is 11.9. The molecule has 1 heterocycles. The van der Waals surface area contributed by atoms with Crippen LogP contribution in [-0.2, 0) is 6.42 Å². The lowest BCUT2D eigenvalue weighted by atomic mass is 9.64. The number of aliphatic hydroxyl groups is 1. The number of rotatable bonds is 1. The summed E-state index contributed by atoms with van der Waals surface area (Å²) in [5.41, 5.74) is 2.47. The largest absolute Gasteiger partial charge is 0.497 e. The van der Waals surface area contributed by atoms with Gasteiger partial charge in [0.1, 0.15) is 5.75 Å². The van der Waals surface area contributed by atoms with Gasteiger partial charge in [0.15, 0.2) is 0 Å². The SMILES string of the molecule is COc1ccc2c(c1)C(O)C1(CC2)CCN(C)CC1. The molecule has 1 N–H and O–H groups in total.